The summed E-state index contributed by atoms with van der Waals surface area (Å²) in [5.74, 6) is 0.819. The van der Waals surface area contributed by atoms with Gasteiger partial charge in [-0.15, -0.1) is 5.69 Å². The number of rotatable bonds is 9. The van der Waals surface area contributed by atoms with Crippen molar-refractivity contribution >= 4 is 52.3 Å². The molecule has 3 aromatic carbocycles. The van der Waals surface area contributed by atoms with E-state index in [2.05, 4.69) is 28.6 Å². The average Bonchev–Trinajstić information content (AvgIpc) is 2.89. The molecule has 38 heavy (non-hydrogen) atoms. The summed E-state index contributed by atoms with van der Waals surface area (Å²) in [6.07, 6.45) is 0. The van der Waals surface area contributed by atoms with Crippen LogP contribution in [-0.4, -0.2) is 65.4 Å². The van der Waals surface area contributed by atoms with Crippen LogP contribution < -0.4 is 14.1 Å². The Balaban J connectivity index is 0.00000400. The molecule has 1 aliphatic heterocycles. The molecule has 1 fully saturated rings. The molecule has 7 nitrogen and oxygen atoms in total. The summed E-state index contributed by atoms with van der Waals surface area (Å²) < 4.78 is 35.5. The number of ether oxygens (including phenoxy) is 1. The molecule has 209 valence electrons. The molecule has 3 aromatic rings. The van der Waals surface area contributed by atoms with Gasteiger partial charge in [0.25, 0.3) is 0 Å². The maximum Gasteiger partial charge on any atom is 0.132 e. The van der Waals surface area contributed by atoms with Crippen molar-refractivity contribution in [2.24, 2.45) is 0 Å². The van der Waals surface area contributed by atoms with Gasteiger partial charge in [0.1, 0.15) is 28.0 Å². The maximum absolute atomic E-state index is 13.0. The fourth-order valence-corrected chi connectivity index (χ4v) is 5.81. The summed E-state index contributed by atoms with van der Waals surface area (Å²) in [5.41, 5.74) is 3.59. The predicted molar refractivity (Wildman–Crippen MR) is 156 cm³/mol. The van der Waals surface area contributed by atoms with Gasteiger partial charge in [0, 0.05) is 71.9 Å². The zero-order valence-electron chi connectivity index (χ0n) is 21.6. The topological polar surface area (TPSA) is 64.0 Å². The molecule has 0 aliphatic carbocycles. The monoisotopic (exact) mass is 753 g/mol. The standard InChI is InChI=1S/C27H34N4O3S3.Au/c1-31(2,20-21-4-12-25(34-3)13-5-21)24-10-14-26(15-11-24)37(32,33)28-22-6-8-23(9-7-22)29-16-18-30(19-17-29)27(35)36;/h4-15,27,35-36H,16-20H2,1-3H3;/p-2. The molecule has 1 radical (unpaired) electrons. The van der Waals surface area contributed by atoms with E-state index < -0.39 is 10.0 Å². The van der Waals surface area contributed by atoms with E-state index in [0.29, 0.717) is 10.2 Å². The van der Waals surface area contributed by atoms with Gasteiger partial charge in [0.05, 0.1) is 26.1 Å². The molecule has 0 unspecified atom stereocenters. The van der Waals surface area contributed by atoms with Crippen molar-refractivity contribution in [3.8, 4) is 5.75 Å². The fourth-order valence-electron chi connectivity index (χ4n) is 4.41. The van der Waals surface area contributed by atoms with Crippen molar-refractivity contribution in [2.45, 2.75) is 16.1 Å². The second-order valence-electron chi connectivity index (χ2n) is 9.60. The number of quaternary nitrogens is 1. The number of piperazine rings is 1. The van der Waals surface area contributed by atoms with Crippen LogP contribution in [0.15, 0.2) is 77.7 Å². The van der Waals surface area contributed by atoms with Gasteiger partial charge in [0.2, 0.25) is 0 Å². The maximum atomic E-state index is 13.0. The fraction of sp³-hybridized carbons (Fsp3) is 0.333. The molecule has 1 saturated heterocycles. The summed E-state index contributed by atoms with van der Waals surface area (Å²) in [6, 6.07) is 22.2. The third-order valence-corrected chi connectivity index (χ3v) is 8.54. The van der Waals surface area contributed by atoms with Crippen LogP contribution >= 0.6 is 0 Å². The van der Waals surface area contributed by atoms with Crippen LogP contribution in [0.2, 0.25) is 0 Å². The Morgan fingerprint density at radius 1 is 0.895 bits per heavy atom. The predicted octanol–water partition coefficient (Wildman–Crippen LogP) is 4.35. The SMILES string of the molecule is COc1ccc(C[N+](C)(C)c2ccc(S(=O)(=O)[N-]c3ccc(N4CCN(C([S-])[S-])CC4)cc3)cc2)cc1.[Au]. The molecule has 0 aromatic heterocycles. The Labute approximate surface area is 253 Å². The van der Waals surface area contributed by atoms with Gasteiger partial charge in [-0.2, -0.15) is 0 Å². The number of sulfonamides is 1. The van der Waals surface area contributed by atoms with Gasteiger partial charge in [-0.05, 0) is 48.5 Å². The second kappa shape index (κ2) is 13.1. The molecule has 0 N–H and O–H groups in total. The van der Waals surface area contributed by atoms with Crippen LogP contribution in [-0.2, 0) is 64.2 Å². The molecule has 4 rings (SSSR count). The minimum Gasteiger partial charge on any atom is -0.800 e. The van der Waals surface area contributed by atoms with E-state index in [9.17, 15) is 8.42 Å². The molecule has 0 spiro atoms. The number of hydrogen-bond donors (Lipinski definition) is 0. The zero-order valence-corrected chi connectivity index (χ0v) is 26.2. The van der Waals surface area contributed by atoms with E-state index >= 15 is 0 Å². The third-order valence-electron chi connectivity index (χ3n) is 6.62. The summed E-state index contributed by atoms with van der Waals surface area (Å²) in [4.78, 5) is 4.51. The normalized spacial score (nSPS) is 14.7. The van der Waals surface area contributed by atoms with Gasteiger partial charge in [-0.1, -0.05) is 12.1 Å². The molecule has 0 bridgehead atoms. The first-order valence-electron chi connectivity index (χ1n) is 12.0. The van der Waals surface area contributed by atoms with E-state index in [1.807, 2.05) is 48.5 Å². The molecule has 1 aliphatic rings. The minimum absolute atomic E-state index is 0. The van der Waals surface area contributed by atoms with E-state index in [1.165, 1.54) is 0 Å². The zero-order chi connectivity index (χ0) is 26.6. The first-order valence-corrected chi connectivity index (χ1v) is 14.4. The number of methoxy groups -OCH3 is 1. The van der Waals surface area contributed by atoms with E-state index in [-0.39, 0.29) is 32.0 Å². The van der Waals surface area contributed by atoms with Gasteiger partial charge in [-0.25, -0.2) is 13.1 Å². The van der Waals surface area contributed by atoms with Crippen LogP contribution in [0.5, 0.6) is 5.75 Å². The Morgan fingerprint density at radius 3 is 2.00 bits per heavy atom. The first-order chi connectivity index (χ1) is 17.6. The molecule has 0 saturated carbocycles. The third kappa shape index (κ3) is 7.73. The smallest absolute Gasteiger partial charge is 0.132 e. The first kappa shape index (κ1) is 30.9. The molecular formula is C27H32AuN4O3S3-2. The van der Waals surface area contributed by atoms with E-state index in [4.69, 9.17) is 30.0 Å². The molecule has 0 atom stereocenters. The van der Waals surface area contributed by atoms with Crippen LogP contribution in [0.25, 0.3) is 4.72 Å². The van der Waals surface area contributed by atoms with Gasteiger partial charge >= 0.3 is 0 Å². The van der Waals surface area contributed by atoms with Crippen molar-refractivity contribution in [3.63, 3.8) is 0 Å². The Hall–Kier alpha value is -1.63. The quantitative estimate of drug-likeness (QED) is 0.183. The van der Waals surface area contributed by atoms with Crippen molar-refractivity contribution in [1.29, 1.82) is 0 Å². The van der Waals surface area contributed by atoms with Gasteiger partial charge in [0.15, 0.2) is 0 Å². The average molecular weight is 754 g/mol. The van der Waals surface area contributed by atoms with Crippen molar-refractivity contribution in [3.05, 3.63) is 83.1 Å². The Kier molecular flexibility index (Phi) is 10.7. The van der Waals surface area contributed by atoms with Crippen LogP contribution in [0, 0.1) is 0 Å². The van der Waals surface area contributed by atoms with E-state index in [0.717, 1.165) is 55.4 Å². The molecular weight excluding hydrogens is 721 g/mol. The van der Waals surface area contributed by atoms with Crippen LogP contribution in [0.1, 0.15) is 5.56 Å². The van der Waals surface area contributed by atoms with Crippen molar-refractivity contribution in [2.75, 3.05) is 52.3 Å². The summed E-state index contributed by atoms with van der Waals surface area (Å²) in [6.45, 7) is 4.06. The summed E-state index contributed by atoms with van der Waals surface area (Å²) >= 11 is 10.3. The molecule has 0 amide bonds. The van der Waals surface area contributed by atoms with Gasteiger partial charge < -0.3 is 44.5 Å². The second-order valence-corrected chi connectivity index (χ2v) is 12.4. The minimum atomic E-state index is -3.84. The number of anilines is 1. The van der Waals surface area contributed by atoms with Crippen LogP contribution in [0.4, 0.5) is 17.1 Å². The van der Waals surface area contributed by atoms with Crippen molar-refractivity contribution in [1.82, 2.24) is 9.38 Å². The number of nitrogens with zero attached hydrogens (tertiary/aromatic N) is 4. The Bertz CT molecular complexity index is 1280. The number of hydrogen-bond acceptors (Lipinski definition) is 7. The van der Waals surface area contributed by atoms with E-state index in [1.54, 1.807) is 31.4 Å². The Morgan fingerprint density at radius 2 is 1.47 bits per heavy atom. The summed E-state index contributed by atoms with van der Waals surface area (Å²) in [7, 11) is 1.99. The van der Waals surface area contributed by atoms with Gasteiger partial charge in [-0.3, -0.25) is 4.48 Å². The van der Waals surface area contributed by atoms with Crippen molar-refractivity contribution < 1.29 is 35.5 Å². The summed E-state index contributed by atoms with van der Waals surface area (Å²) in [5, 5.41) is 0. The molecule has 11 heteroatoms. The largest absolute Gasteiger partial charge is 0.800 e. The number of benzene rings is 3. The molecule has 1 heterocycles. The van der Waals surface area contributed by atoms with Crippen LogP contribution in [0.3, 0.4) is 0 Å².